The van der Waals surface area contributed by atoms with E-state index in [2.05, 4.69) is 0 Å². The summed E-state index contributed by atoms with van der Waals surface area (Å²) >= 11 is 0. The van der Waals surface area contributed by atoms with Crippen molar-refractivity contribution in [3.63, 3.8) is 0 Å². The normalized spacial score (nSPS) is 10.6. The molecule has 0 aliphatic carbocycles. The molecule has 2 rings (SSSR count). The van der Waals surface area contributed by atoms with Crippen molar-refractivity contribution in [3.8, 4) is 11.5 Å². The van der Waals surface area contributed by atoms with Crippen LogP contribution in [0.25, 0.3) is 12.2 Å². The van der Waals surface area contributed by atoms with Gasteiger partial charge in [-0.3, -0.25) is 13.9 Å². The molecule has 5 N–H and O–H groups in total. The maximum absolute atomic E-state index is 11.3. The third-order valence-corrected chi connectivity index (χ3v) is 3.34. The van der Waals surface area contributed by atoms with E-state index in [1.54, 1.807) is 42.5 Å². The lowest BCUT2D eigenvalue weighted by Gasteiger charge is -2.06. The Hall–Kier alpha value is -4.00. The van der Waals surface area contributed by atoms with E-state index >= 15 is 0 Å². The Labute approximate surface area is 195 Å². The van der Waals surface area contributed by atoms with Gasteiger partial charge >= 0.3 is 28.3 Å². The zero-order valence-corrected chi connectivity index (χ0v) is 18.8. The molecule has 0 radical (unpaired) electrons. The number of ether oxygens (including phenoxy) is 1. The smallest absolute Gasteiger partial charge is 0.394 e. The lowest BCUT2D eigenvalue weighted by atomic mass is 10.2. The molecule has 34 heavy (non-hydrogen) atoms. The monoisotopic (exact) mass is 496 g/mol. The second-order valence-corrected chi connectivity index (χ2v) is 7.01. The third kappa shape index (κ3) is 16.7. The molecule has 12 heteroatoms. The SMILES string of the molecule is CCCC(=O)Oc1ccccc1/C=C/C(=O)O.O=C(O)/C=C/c1ccccc1O.O=S(=O)(O)O. The molecule has 2 aromatic rings. The van der Waals surface area contributed by atoms with E-state index in [1.807, 2.05) is 6.92 Å². The van der Waals surface area contributed by atoms with Crippen LogP contribution in [0.5, 0.6) is 11.5 Å². The van der Waals surface area contributed by atoms with Crippen LogP contribution in [0.4, 0.5) is 0 Å². The molecule has 184 valence electrons. The van der Waals surface area contributed by atoms with Crippen LogP contribution >= 0.6 is 0 Å². The first-order valence-electron chi connectivity index (χ1n) is 9.43. The number of benzene rings is 2. The Kier molecular flexibility index (Phi) is 13.9. The van der Waals surface area contributed by atoms with Crippen molar-refractivity contribution in [3.05, 3.63) is 71.8 Å². The van der Waals surface area contributed by atoms with Crippen LogP contribution in [-0.2, 0) is 24.8 Å². The molecule has 0 fully saturated rings. The van der Waals surface area contributed by atoms with Gasteiger partial charge in [-0.25, -0.2) is 9.59 Å². The van der Waals surface area contributed by atoms with Crippen LogP contribution < -0.4 is 4.74 Å². The summed E-state index contributed by atoms with van der Waals surface area (Å²) in [5, 5.41) is 26.0. The summed E-state index contributed by atoms with van der Waals surface area (Å²) in [5.41, 5.74) is 1.07. The fourth-order valence-corrected chi connectivity index (χ4v) is 2.04. The summed E-state index contributed by atoms with van der Waals surface area (Å²) in [6.45, 7) is 1.89. The number of carbonyl (C=O) groups excluding carboxylic acids is 1. The van der Waals surface area contributed by atoms with Gasteiger partial charge in [-0.15, -0.1) is 0 Å². The summed E-state index contributed by atoms with van der Waals surface area (Å²) < 4.78 is 36.7. The van der Waals surface area contributed by atoms with E-state index in [0.717, 1.165) is 12.2 Å². The molecule has 0 saturated heterocycles. The number of hydrogen-bond acceptors (Lipinski definition) is 7. The predicted molar refractivity (Wildman–Crippen MR) is 123 cm³/mol. The van der Waals surface area contributed by atoms with Crippen molar-refractivity contribution in [2.24, 2.45) is 0 Å². The summed E-state index contributed by atoms with van der Waals surface area (Å²) in [6, 6.07) is 13.3. The number of aliphatic carboxylic acids is 2. The van der Waals surface area contributed by atoms with E-state index in [4.69, 9.17) is 32.5 Å². The Morgan fingerprint density at radius 1 is 0.853 bits per heavy atom. The number of aromatic hydroxyl groups is 1. The van der Waals surface area contributed by atoms with Crippen molar-refractivity contribution in [2.75, 3.05) is 0 Å². The summed E-state index contributed by atoms with van der Waals surface area (Å²) in [5.74, 6) is -1.93. The quantitative estimate of drug-likeness (QED) is 0.163. The number of para-hydroxylation sites is 2. The van der Waals surface area contributed by atoms with Crippen molar-refractivity contribution in [1.82, 2.24) is 0 Å². The number of hydrogen-bond donors (Lipinski definition) is 5. The second-order valence-electron chi connectivity index (χ2n) is 6.11. The van der Waals surface area contributed by atoms with E-state index in [-0.39, 0.29) is 11.7 Å². The number of esters is 1. The minimum absolute atomic E-state index is 0.0787. The standard InChI is InChI=1S/C13H14O4.C9H8O3.H2O4S/c1-2-5-13(16)17-11-7-4-3-6-10(11)8-9-12(14)15;10-8-4-2-1-3-7(8)5-6-9(11)12;1-5(2,3)4/h3-4,6-9H,2,5H2,1H3,(H,14,15);1-6,10H,(H,11,12);(H2,1,2,3,4)/b9-8+;6-5+;. The molecule has 0 spiro atoms. The first-order chi connectivity index (χ1) is 15.8. The van der Waals surface area contributed by atoms with E-state index < -0.39 is 22.3 Å². The average Bonchev–Trinajstić information content (AvgIpc) is 2.72. The fraction of sp³-hybridized carbons (Fsp3) is 0.136. The van der Waals surface area contributed by atoms with E-state index in [1.165, 1.54) is 18.2 Å². The Morgan fingerprint density at radius 2 is 1.29 bits per heavy atom. The molecule has 0 bridgehead atoms. The molecule has 0 heterocycles. The highest BCUT2D eigenvalue weighted by molar-refractivity contribution is 7.79. The topological polar surface area (TPSA) is 196 Å². The Morgan fingerprint density at radius 3 is 1.76 bits per heavy atom. The van der Waals surface area contributed by atoms with E-state index in [9.17, 15) is 19.5 Å². The first kappa shape index (κ1) is 30.0. The highest BCUT2D eigenvalue weighted by Gasteiger charge is 2.06. The molecule has 0 saturated carbocycles. The minimum Gasteiger partial charge on any atom is -0.507 e. The van der Waals surface area contributed by atoms with Gasteiger partial charge in [-0.1, -0.05) is 43.3 Å². The van der Waals surface area contributed by atoms with Crippen molar-refractivity contribution in [2.45, 2.75) is 19.8 Å². The van der Waals surface area contributed by atoms with Crippen LogP contribution in [0.3, 0.4) is 0 Å². The molecule has 0 amide bonds. The van der Waals surface area contributed by atoms with Gasteiger partial charge in [-0.05, 0) is 30.7 Å². The predicted octanol–water partition coefficient (Wildman–Crippen LogP) is 3.33. The van der Waals surface area contributed by atoms with Gasteiger partial charge in [0.1, 0.15) is 11.5 Å². The molecule has 0 atom stereocenters. The highest BCUT2D eigenvalue weighted by Crippen LogP contribution is 2.20. The largest absolute Gasteiger partial charge is 0.507 e. The molecule has 0 aromatic heterocycles. The van der Waals surface area contributed by atoms with Gasteiger partial charge in [0.25, 0.3) is 0 Å². The molecular formula is C22H24O11S. The van der Waals surface area contributed by atoms with Gasteiger partial charge in [0, 0.05) is 29.7 Å². The van der Waals surface area contributed by atoms with Gasteiger partial charge in [-0.2, -0.15) is 8.42 Å². The van der Waals surface area contributed by atoms with Crippen molar-refractivity contribution >= 4 is 40.5 Å². The lowest BCUT2D eigenvalue weighted by Crippen LogP contribution is -2.07. The average molecular weight is 496 g/mol. The molecule has 2 aromatic carbocycles. The zero-order chi connectivity index (χ0) is 26.1. The van der Waals surface area contributed by atoms with Crippen LogP contribution in [0.2, 0.25) is 0 Å². The van der Waals surface area contributed by atoms with Gasteiger partial charge < -0.3 is 20.1 Å². The summed E-state index contributed by atoms with van der Waals surface area (Å²) in [6.07, 6.45) is 5.79. The van der Waals surface area contributed by atoms with Gasteiger partial charge in [0.05, 0.1) is 0 Å². The number of carbonyl (C=O) groups is 3. The third-order valence-electron chi connectivity index (χ3n) is 3.34. The summed E-state index contributed by atoms with van der Waals surface area (Å²) in [4.78, 5) is 31.9. The lowest BCUT2D eigenvalue weighted by molar-refractivity contribution is -0.134. The molecule has 0 aliphatic rings. The number of rotatable bonds is 7. The molecule has 0 aliphatic heterocycles. The highest BCUT2D eigenvalue weighted by atomic mass is 32.3. The molecule has 0 unspecified atom stereocenters. The summed E-state index contributed by atoms with van der Waals surface area (Å²) in [7, 11) is -4.67. The maximum atomic E-state index is 11.3. The minimum atomic E-state index is -4.67. The second kappa shape index (κ2) is 15.7. The van der Waals surface area contributed by atoms with Crippen LogP contribution in [-0.4, -0.2) is 50.8 Å². The van der Waals surface area contributed by atoms with Crippen molar-refractivity contribution in [1.29, 1.82) is 0 Å². The van der Waals surface area contributed by atoms with Gasteiger partial charge in [0.2, 0.25) is 0 Å². The molecule has 11 nitrogen and oxygen atoms in total. The van der Waals surface area contributed by atoms with Crippen molar-refractivity contribution < 1.29 is 52.0 Å². The number of carboxylic acids is 2. The van der Waals surface area contributed by atoms with E-state index in [0.29, 0.717) is 29.7 Å². The first-order valence-corrected chi connectivity index (χ1v) is 10.8. The fourth-order valence-electron chi connectivity index (χ4n) is 2.04. The maximum Gasteiger partial charge on any atom is 0.394 e. The Balaban J connectivity index is 0.000000556. The molecular weight excluding hydrogens is 472 g/mol. The van der Waals surface area contributed by atoms with Crippen LogP contribution in [0.15, 0.2) is 60.7 Å². The number of carboxylic acid groups (broad SMARTS) is 2. The number of phenolic OH excluding ortho intramolecular Hbond substituents is 1. The van der Waals surface area contributed by atoms with Crippen LogP contribution in [0, 0.1) is 0 Å². The number of phenols is 1. The zero-order valence-electron chi connectivity index (χ0n) is 17.9. The van der Waals surface area contributed by atoms with Gasteiger partial charge in [0.15, 0.2) is 0 Å². The van der Waals surface area contributed by atoms with Crippen LogP contribution in [0.1, 0.15) is 30.9 Å². The Bertz CT molecular complexity index is 1110.